The van der Waals surface area contributed by atoms with Gasteiger partial charge < -0.3 is 4.74 Å². The Labute approximate surface area is 81.1 Å². The van der Waals surface area contributed by atoms with Gasteiger partial charge in [0.1, 0.15) is 0 Å². The van der Waals surface area contributed by atoms with E-state index in [1.807, 2.05) is 12.1 Å². The Bertz CT molecular complexity index is 400. The largest absolute Gasteiger partial charge is 0.452 e. The molecular weight excluding hydrogens is 182 g/mol. The van der Waals surface area contributed by atoms with Crippen molar-refractivity contribution in [2.24, 2.45) is 0 Å². The second-order valence-corrected chi connectivity index (χ2v) is 3.02. The Hall–Kier alpha value is -1.84. The van der Waals surface area contributed by atoms with Gasteiger partial charge in [-0.1, -0.05) is 18.2 Å². The molecule has 1 heterocycles. The van der Waals surface area contributed by atoms with Crippen molar-refractivity contribution < 1.29 is 14.3 Å². The van der Waals surface area contributed by atoms with Crippen molar-refractivity contribution in [3.8, 4) is 0 Å². The molecule has 0 spiro atoms. The third-order valence-corrected chi connectivity index (χ3v) is 2.22. The van der Waals surface area contributed by atoms with E-state index in [0.29, 0.717) is 12.1 Å². The monoisotopic (exact) mass is 191 g/mol. The first-order valence-corrected chi connectivity index (χ1v) is 4.21. The van der Waals surface area contributed by atoms with Gasteiger partial charge in [-0.2, -0.15) is 0 Å². The van der Waals surface area contributed by atoms with Gasteiger partial charge in [-0.05, 0) is 11.6 Å². The van der Waals surface area contributed by atoms with Gasteiger partial charge in [-0.25, -0.2) is 9.69 Å². The van der Waals surface area contributed by atoms with Gasteiger partial charge in [-0.3, -0.25) is 4.79 Å². The molecule has 14 heavy (non-hydrogen) atoms. The number of methoxy groups -OCH3 is 1. The molecule has 1 aliphatic heterocycles. The molecule has 4 heteroatoms. The van der Waals surface area contributed by atoms with Crippen LogP contribution in [-0.4, -0.2) is 24.0 Å². The zero-order valence-corrected chi connectivity index (χ0v) is 7.69. The normalized spacial score (nSPS) is 14.1. The van der Waals surface area contributed by atoms with E-state index in [1.54, 1.807) is 12.1 Å². The number of fused-ring (bicyclic) bond motifs is 1. The highest BCUT2D eigenvalue weighted by atomic mass is 16.5. The number of carbonyl (C=O) groups excluding carboxylic acids is 2. The third-order valence-electron chi connectivity index (χ3n) is 2.22. The molecule has 0 aliphatic carbocycles. The van der Waals surface area contributed by atoms with Crippen LogP contribution in [0.3, 0.4) is 0 Å². The summed E-state index contributed by atoms with van der Waals surface area (Å²) in [7, 11) is 1.26. The van der Waals surface area contributed by atoms with E-state index in [-0.39, 0.29) is 5.91 Å². The summed E-state index contributed by atoms with van der Waals surface area (Å²) >= 11 is 0. The number of amides is 2. The van der Waals surface area contributed by atoms with Gasteiger partial charge in [0.15, 0.2) is 0 Å². The van der Waals surface area contributed by atoms with E-state index in [0.717, 1.165) is 10.5 Å². The fraction of sp³-hybridized carbons (Fsp3) is 0.200. The Kier molecular flexibility index (Phi) is 1.96. The van der Waals surface area contributed by atoms with Crippen LogP contribution in [0.25, 0.3) is 0 Å². The first-order chi connectivity index (χ1) is 6.74. The first kappa shape index (κ1) is 8.74. The van der Waals surface area contributed by atoms with Gasteiger partial charge in [0.05, 0.1) is 13.7 Å². The van der Waals surface area contributed by atoms with Crippen molar-refractivity contribution in [2.45, 2.75) is 6.54 Å². The number of hydrogen-bond acceptors (Lipinski definition) is 3. The smallest absolute Gasteiger partial charge is 0.416 e. The van der Waals surface area contributed by atoms with E-state index < -0.39 is 6.09 Å². The topological polar surface area (TPSA) is 46.6 Å². The van der Waals surface area contributed by atoms with Gasteiger partial charge in [0.2, 0.25) is 0 Å². The molecule has 0 atom stereocenters. The van der Waals surface area contributed by atoms with Gasteiger partial charge in [0.25, 0.3) is 5.91 Å². The maximum Gasteiger partial charge on any atom is 0.416 e. The fourth-order valence-electron chi connectivity index (χ4n) is 1.51. The lowest BCUT2D eigenvalue weighted by Crippen LogP contribution is -2.30. The molecule has 0 aromatic heterocycles. The van der Waals surface area contributed by atoms with E-state index in [4.69, 9.17) is 0 Å². The zero-order chi connectivity index (χ0) is 10.1. The lowest BCUT2D eigenvalue weighted by molar-refractivity contribution is 0.0728. The average Bonchev–Trinajstić information content (AvgIpc) is 2.56. The molecule has 1 aromatic carbocycles. The van der Waals surface area contributed by atoms with Crippen LogP contribution >= 0.6 is 0 Å². The van der Waals surface area contributed by atoms with Crippen molar-refractivity contribution in [3.05, 3.63) is 35.4 Å². The summed E-state index contributed by atoms with van der Waals surface area (Å²) in [5.74, 6) is -0.285. The predicted octanol–water partition coefficient (Wildman–Crippen LogP) is 1.41. The number of hydrogen-bond donors (Lipinski definition) is 0. The molecule has 0 unspecified atom stereocenters. The number of ether oxygens (including phenoxy) is 1. The second-order valence-electron chi connectivity index (χ2n) is 3.02. The maximum atomic E-state index is 11.6. The number of benzene rings is 1. The summed E-state index contributed by atoms with van der Waals surface area (Å²) < 4.78 is 4.50. The standard InChI is InChI=1S/C10H9NO3/c1-14-10(13)11-6-7-4-2-3-5-8(7)9(11)12/h2-5H,6H2,1H3. The average molecular weight is 191 g/mol. The molecule has 0 radical (unpaired) electrons. The molecule has 1 aromatic rings. The fourth-order valence-corrected chi connectivity index (χ4v) is 1.51. The SMILES string of the molecule is COC(=O)N1Cc2ccccc2C1=O. The molecule has 2 rings (SSSR count). The molecule has 0 fully saturated rings. The minimum Gasteiger partial charge on any atom is -0.452 e. The van der Waals surface area contributed by atoms with Crippen LogP contribution in [-0.2, 0) is 11.3 Å². The zero-order valence-electron chi connectivity index (χ0n) is 7.69. The van der Waals surface area contributed by atoms with Crippen LogP contribution in [0.2, 0.25) is 0 Å². The van der Waals surface area contributed by atoms with Crippen molar-refractivity contribution >= 4 is 12.0 Å². The summed E-state index contributed by atoms with van der Waals surface area (Å²) in [4.78, 5) is 23.9. The minimum atomic E-state index is -0.605. The second kappa shape index (κ2) is 3.14. The molecule has 72 valence electrons. The van der Waals surface area contributed by atoms with Crippen molar-refractivity contribution in [3.63, 3.8) is 0 Å². The first-order valence-electron chi connectivity index (χ1n) is 4.21. The highest BCUT2D eigenvalue weighted by molar-refractivity contribution is 6.06. The van der Waals surface area contributed by atoms with E-state index in [1.165, 1.54) is 7.11 Å². The highest BCUT2D eigenvalue weighted by Gasteiger charge is 2.31. The highest BCUT2D eigenvalue weighted by Crippen LogP contribution is 2.22. The molecule has 1 aliphatic rings. The molecular formula is C10H9NO3. The quantitative estimate of drug-likeness (QED) is 0.622. The summed E-state index contributed by atoms with van der Waals surface area (Å²) in [5, 5.41) is 0. The van der Waals surface area contributed by atoms with Gasteiger partial charge >= 0.3 is 6.09 Å². The predicted molar refractivity (Wildman–Crippen MR) is 48.7 cm³/mol. The molecule has 2 amide bonds. The van der Waals surface area contributed by atoms with Crippen LogP contribution in [0, 0.1) is 0 Å². The molecule has 0 saturated heterocycles. The van der Waals surface area contributed by atoms with Crippen molar-refractivity contribution in [1.82, 2.24) is 4.90 Å². The van der Waals surface area contributed by atoms with Crippen molar-refractivity contribution in [1.29, 1.82) is 0 Å². The number of imide groups is 1. The van der Waals surface area contributed by atoms with Crippen LogP contribution in [0.1, 0.15) is 15.9 Å². The van der Waals surface area contributed by atoms with Gasteiger partial charge in [0, 0.05) is 5.56 Å². The third kappa shape index (κ3) is 1.16. The van der Waals surface area contributed by atoms with Gasteiger partial charge in [-0.15, -0.1) is 0 Å². The Morgan fingerprint density at radius 2 is 2.14 bits per heavy atom. The van der Waals surface area contributed by atoms with Crippen LogP contribution < -0.4 is 0 Å². The van der Waals surface area contributed by atoms with E-state index in [2.05, 4.69) is 4.74 Å². The Morgan fingerprint density at radius 3 is 2.79 bits per heavy atom. The molecule has 0 N–H and O–H groups in total. The number of carbonyl (C=O) groups is 2. The molecule has 0 saturated carbocycles. The molecule has 4 nitrogen and oxygen atoms in total. The molecule has 0 bridgehead atoms. The Balaban J connectivity index is 2.35. The number of rotatable bonds is 0. The Morgan fingerprint density at radius 1 is 1.43 bits per heavy atom. The summed E-state index contributed by atoms with van der Waals surface area (Å²) in [6, 6.07) is 7.15. The lowest BCUT2D eigenvalue weighted by atomic mass is 10.1. The maximum absolute atomic E-state index is 11.6. The lowest BCUT2D eigenvalue weighted by Gasteiger charge is -2.10. The van der Waals surface area contributed by atoms with E-state index in [9.17, 15) is 9.59 Å². The summed E-state index contributed by atoms with van der Waals surface area (Å²) in [5.41, 5.74) is 1.45. The minimum absolute atomic E-state index is 0.285. The summed E-state index contributed by atoms with van der Waals surface area (Å²) in [6.07, 6.45) is -0.605. The van der Waals surface area contributed by atoms with Crippen LogP contribution in [0.15, 0.2) is 24.3 Å². The van der Waals surface area contributed by atoms with E-state index >= 15 is 0 Å². The van der Waals surface area contributed by atoms with Crippen molar-refractivity contribution in [2.75, 3.05) is 7.11 Å². The van der Waals surface area contributed by atoms with Crippen LogP contribution in [0.5, 0.6) is 0 Å². The summed E-state index contributed by atoms with van der Waals surface area (Å²) in [6.45, 7) is 0.307. The number of nitrogens with zero attached hydrogens (tertiary/aromatic N) is 1. The van der Waals surface area contributed by atoms with Crippen LogP contribution in [0.4, 0.5) is 4.79 Å².